The maximum Gasteiger partial charge on any atom is 0.459 e. The standard InChI is InChI=1S/C25H31N6O8P/c1-5-25(27)19(32)18(38-23(25)31-12-11-17-20(31)28-24(26)29-21(17)33)13-36-40(35,39-16-9-7-6-8-10-16)30-15(4)22(34)37-14(2)3/h1,6-12,14-15,18-19,23,32H,13,27H2,2-4H3,(H,30,35)(H3,26,28,29,33)/t15-,18+,19?,23+,25?,40-/m0/s1. The van der Waals surface area contributed by atoms with Gasteiger partial charge in [0.15, 0.2) is 17.4 Å². The van der Waals surface area contributed by atoms with Crippen molar-refractivity contribution in [1.82, 2.24) is 19.6 Å². The van der Waals surface area contributed by atoms with Crippen molar-refractivity contribution in [3.63, 3.8) is 0 Å². The molecular formula is C25H31N6O8P. The van der Waals surface area contributed by atoms with Gasteiger partial charge in [0.25, 0.3) is 5.56 Å². The summed E-state index contributed by atoms with van der Waals surface area (Å²) in [7, 11) is -4.27. The van der Waals surface area contributed by atoms with Crippen LogP contribution in [-0.4, -0.2) is 62.1 Å². The normalized spacial score (nSPS) is 24.9. The Bertz CT molecular complexity index is 1520. The highest BCUT2D eigenvalue weighted by Gasteiger charge is 2.55. The maximum absolute atomic E-state index is 13.8. The van der Waals surface area contributed by atoms with Gasteiger partial charge in [0, 0.05) is 6.20 Å². The average Bonchev–Trinajstić information content (AvgIpc) is 3.42. The summed E-state index contributed by atoms with van der Waals surface area (Å²) in [6, 6.07) is 8.54. The summed E-state index contributed by atoms with van der Waals surface area (Å²) >= 11 is 0. The minimum Gasteiger partial charge on any atom is -0.462 e. The fourth-order valence-electron chi connectivity index (χ4n) is 4.14. The minimum atomic E-state index is -4.27. The maximum atomic E-state index is 13.8. The number of fused-ring (bicyclic) bond motifs is 1. The highest BCUT2D eigenvalue weighted by molar-refractivity contribution is 7.52. The Labute approximate surface area is 229 Å². The van der Waals surface area contributed by atoms with E-state index in [-0.39, 0.29) is 22.7 Å². The van der Waals surface area contributed by atoms with Crippen LogP contribution in [0.4, 0.5) is 5.95 Å². The molecule has 1 saturated heterocycles. The van der Waals surface area contributed by atoms with E-state index in [0.717, 1.165) is 0 Å². The summed E-state index contributed by atoms with van der Waals surface area (Å²) < 4.78 is 37.6. The number of aromatic nitrogens is 3. The first kappa shape index (κ1) is 29.3. The Morgan fingerprint density at radius 3 is 2.70 bits per heavy atom. The molecule has 3 aromatic rings. The zero-order chi connectivity index (χ0) is 29.2. The van der Waals surface area contributed by atoms with Crippen LogP contribution >= 0.6 is 7.75 Å². The predicted octanol–water partition coefficient (Wildman–Crippen LogP) is 1.03. The van der Waals surface area contributed by atoms with Crippen LogP contribution in [-0.2, 0) is 23.4 Å². The van der Waals surface area contributed by atoms with E-state index in [1.54, 1.807) is 44.2 Å². The zero-order valence-electron chi connectivity index (χ0n) is 22.0. The summed E-state index contributed by atoms with van der Waals surface area (Å²) in [6.07, 6.45) is 2.84. The van der Waals surface area contributed by atoms with Gasteiger partial charge in [0.1, 0.15) is 24.0 Å². The lowest BCUT2D eigenvalue weighted by molar-refractivity contribution is -0.149. The fraction of sp³-hybridized carbons (Fsp3) is 0.400. The van der Waals surface area contributed by atoms with E-state index in [4.69, 9.17) is 36.4 Å². The van der Waals surface area contributed by atoms with E-state index < -0.39 is 62.0 Å². The topological polar surface area (TPSA) is 206 Å². The number of para-hydroxylation sites is 1. The van der Waals surface area contributed by atoms with Crippen molar-refractivity contribution in [2.75, 3.05) is 12.3 Å². The molecule has 15 heteroatoms. The summed E-state index contributed by atoms with van der Waals surface area (Å²) in [4.78, 5) is 31.2. The van der Waals surface area contributed by atoms with E-state index in [9.17, 15) is 19.3 Å². The number of hydrogen-bond donors (Lipinski definition) is 5. The van der Waals surface area contributed by atoms with Gasteiger partial charge in [0.05, 0.1) is 18.1 Å². The second kappa shape index (κ2) is 11.4. The number of H-pyrrole nitrogens is 1. The molecule has 14 nitrogen and oxygen atoms in total. The molecule has 0 saturated carbocycles. The number of anilines is 1. The molecule has 0 amide bonds. The van der Waals surface area contributed by atoms with Crippen LogP contribution < -0.4 is 26.6 Å². The number of hydrogen-bond acceptors (Lipinski definition) is 11. The van der Waals surface area contributed by atoms with Crippen LogP contribution in [0.5, 0.6) is 5.75 Å². The first-order chi connectivity index (χ1) is 18.9. The van der Waals surface area contributed by atoms with Crippen LogP contribution in [0.25, 0.3) is 11.0 Å². The number of carbonyl (C=O) groups is 1. The van der Waals surface area contributed by atoms with Gasteiger partial charge in [-0.15, -0.1) is 6.42 Å². The third kappa shape index (κ3) is 5.90. The Kier molecular flexibility index (Phi) is 8.36. The number of nitrogens with two attached hydrogens (primary N) is 2. The molecule has 7 N–H and O–H groups in total. The van der Waals surface area contributed by atoms with Crippen molar-refractivity contribution in [3.8, 4) is 18.1 Å². The molecule has 0 aliphatic carbocycles. The fourth-order valence-corrected chi connectivity index (χ4v) is 5.65. The summed E-state index contributed by atoms with van der Waals surface area (Å²) in [5.74, 6) is 1.73. The number of aliphatic hydroxyl groups is 1. The van der Waals surface area contributed by atoms with Crippen LogP contribution in [0.2, 0.25) is 0 Å². The number of carbonyl (C=O) groups excluding carboxylic acids is 1. The third-order valence-electron chi connectivity index (χ3n) is 6.09. The largest absolute Gasteiger partial charge is 0.462 e. The van der Waals surface area contributed by atoms with E-state index in [2.05, 4.69) is 21.0 Å². The van der Waals surface area contributed by atoms with Gasteiger partial charge in [-0.05, 0) is 39.0 Å². The Morgan fingerprint density at radius 1 is 1.35 bits per heavy atom. The highest BCUT2D eigenvalue weighted by atomic mass is 31.2. The summed E-state index contributed by atoms with van der Waals surface area (Å²) in [5, 5.41) is 13.8. The zero-order valence-corrected chi connectivity index (χ0v) is 22.9. The van der Waals surface area contributed by atoms with Crippen molar-refractivity contribution >= 4 is 30.7 Å². The van der Waals surface area contributed by atoms with Crippen molar-refractivity contribution in [2.45, 2.75) is 56.9 Å². The van der Waals surface area contributed by atoms with Gasteiger partial charge in [-0.3, -0.25) is 19.1 Å². The lowest BCUT2D eigenvalue weighted by atomic mass is 9.92. The van der Waals surface area contributed by atoms with Crippen LogP contribution in [0.15, 0.2) is 47.4 Å². The number of nitrogens with one attached hydrogen (secondary N) is 2. The molecule has 6 atom stereocenters. The molecule has 214 valence electrons. The summed E-state index contributed by atoms with van der Waals surface area (Å²) in [5.41, 5.74) is 9.95. The quantitative estimate of drug-likeness (QED) is 0.131. The van der Waals surface area contributed by atoms with Crippen LogP contribution in [0.3, 0.4) is 0 Å². The molecule has 1 fully saturated rings. The van der Waals surface area contributed by atoms with E-state index in [0.29, 0.717) is 0 Å². The second-order valence-corrected chi connectivity index (χ2v) is 11.2. The number of nitrogen functional groups attached to an aromatic ring is 1. The highest BCUT2D eigenvalue weighted by Crippen LogP contribution is 2.47. The number of rotatable bonds is 10. The lowest BCUT2D eigenvalue weighted by Crippen LogP contribution is -2.53. The minimum absolute atomic E-state index is 0.127. The number of nitrogens with zero attached hydrogens (tertiary/aromatic N) is 2. The predicted molar refractivity (Wildman–Crippen MR) is 145 cm³/mol. The molecule has 3 heterocycles. The van der Waals surface area contributed by atoms with Crippen molar-refractivity contribution in [3.05, 3.63) is 52.9 Å². The third-order valence-corrected chi connectivity index (χ3v) is 7.73. The molecule has 4 rings (SSSR count). The van der Waals surface area contributed by atoms with Gasteiger partial charge < -0.3 is 35.1 Å². The van der Waals surface area contributed by atoms with E-state index in [1.165, 1.54) is 23.8 Å². The van der Waals surface area contributed by atoms with Gasteiger partial charge in [-0.1, -0.05) is 24.1 Å². The number of ether oxygens (including phenoxy) is 2. The number of terminal acetylenes is 1. The van der Waals surface area contributed by atoms with Crippen molar-refractivity contribution < 1.29 is 33.0 Å². The molecule has 1 aromatic carbocycles. The van der Waals surface area contributed by atoms with E-state index >= 15 is 0 Å². The second-order valence-electron chi connectivity index (χ2n) is 9.49. The van der Waals surface area contributed by atoms with Gasteiger partial charge in [-0.2, -0.15) is 10.1 Å². The van der Waals surface area contributed by atoms with Crippen LogP contribution in [0, 0.1) is 12.3 Å². The Balaban J connectivity index is 1.59. The number of benzene rings is 1. The van der Waals surface area contributed by atoms with Crippen molar-refractivity contribution in [2.24, 2.45) is 5.73 Å². The first-order valence-electron chi connectivity index (χ1n) is 12.3. The SMILES string of the molecule is C#CC1(N)C(O)[C@@H](CO[P@@](=O)(N[C@@H](C)C(=O)OC(C)C)Oc2ccccc2)O[C@H]1n1ccc2c(=O)[nH]c(N)nc21. The Hall–Kier alpha value is -3.70. The smallest absolute Gasteiger partial charge is 0.459 e. The molecule has 2 unspecified atom stereocenters. The van der Waals surface area contributed by atoms with Gasteiger partial charge in [-0.25, -0.2) is 4.57 Å². The number of esters is 1. The number of aromatic amines is 1. The average molecular weight is 575 g/mol. The molecule has 0 spiro atoms. The molecule has 40 heavy (non-hydrogen) atoms. The van der Waals surface area contributed by atoms with Gasteiger partial charge in [0.2, 0.25) is 5.95 Å². The molecule has 1 aliphatic rings. The number of aliphatic hydroxyl groups excluding tert-OH is 1. The molecule has 2 aromatic heterocycles. The Morgan fingerprint density at radius 2 is 2.05 bits per heavy atom. The van der Waals surface area contributed by atoms with Crippen molar-refractivity contribution in [1.29, 1.82) is 0 Å². The first-order valence-corrected chi connectivity index (χ1v) is 13.8. The molecule has 0 radical (unpaired) electrons. The molecule has 1 aliphatic heterocycles. The van der Waals surface area contributed by atoms with E-state index in [1.807, 2.05) is 0 Å². The van der Waals surface area contributed by atoms with Gasteiger partial charge >= 0.3 is 13.7 Å². The summed E-state index contributed by atoms with van der Waals surface area (Å²) in [6.45, 7) is 4.27. The van der Waals surface area contributed by atoms with Crippen LogP contribution in [0.1, 0.15) is 27.0 Å². The lowest BCUT2D eigenvalue weighted by Gasteiger charge is -2.28. The monoisotopic (exact) mass is 574 g/mol. The molecular weight excluding hydrogens is 543 g/mol. The molecule has 0 bridgehead atoms.